The second kappa shape index (κ2) is 5.79. The number of benzene rings is 1. The molecule has 2 unspecified atom stereocenters. The van der Waals surface area contributed by atoms with Gasteiger partial charge in [-0.05, 0) is 57.4 Å². The first kappa shape index (κ1) is 15.1. The first-order valence-electron chi connectivity index (χ1n) is 7.84. The predicted octanol–water partition coefficient (Wildman–Crippen LogP) is 3.60. The van der Waals surface area contributed by atoms with Crippen molar-refractivity contribution in [2.24, 2.45) is 0 Å². The molecule has 21 heavy (non-hydrogen) atoms. The van der Waals surface area contributed by atoms with Crippen molar-refractivity contribution in [1.82, 2.24) is 5.32 Å². The Bertz CT molecular complexity index is 500. The van der Waals surface area contributed by atoms with Crippen LogP contribution in [-0.4, -0.2) is 30.8 Å². The highest BCUT2D eigenvalue weighted by Crippen LogP contribution is 2.32. The summed E-state index contributed by atoms with van der Waals surface area (Å²) in [5.74, 6) is 0. The molecular formula is C17H25ClN2O. The molecule has 0 aliphatic carbocycles. The fraction of sp³-hybridized carbons (Fsp3) is 0.647. The Balaban J connectivity index is 1.80. The third kappa shape index (κ3) is 3.71. The van der Waals surface area contributed by atoms with Crippen LogP contribution in [0.5, 0.6) is 0 Å². The van der Waals surface area contributed by atoms with Crippen molar-refractivity contribution >= 4 is 17.3 Å². The van der Waals surface area contributed by atoms with Crippen molar-refractivity contribution < 1.29 is 4.74 Å². The number of nitrogens with zero attached hydrogens (tertiary/aromatic N) is 1. The largest absolute Gasteiger partial charge is 0.371 e. The van der Waals surface area contributed by atoms with E-state index in [0.29, 0.717) is 12.2 Å². The van der Waals surface area contributed by atoms with Crippen LogP contribution in [0.1, 0.15) is 39.2 Å². The Kier molecular flexibility index (Phi) is 4.17. The average Bonchev–Trinajstić information content (AvgIpc) is 2.74. The van der Waals surface area contributed by atoms with Crippen LogP contribution >= 0.6 is 11.6 Å². The molecule has 1 aromatic rings. The lowest BCUT2D eigenvalue weighted by atomic mass is 10.1. The van der Waals surface area contributed by atoms with Gasteiger partial charge in [0.25, 0.3) is 0 Å². The Morgan fingerprint density at radius 3 is 2.52 bits per heavy atom. The van der Waals surface area contributed by atoms with Crippen LogP contribution in [0.15, 0.2) is 18.2 Å². The van der Waals surface area contributed by atoms with Gasteiger partial charge in [0, 0.05) is 35.9 Å². The molecule has 0 amide bonds. The van der Waals surface area contributed by atoms with E-state index in [-0.39, 0.29) is 5.54 Å². The van der Waals surface area contributed by atoms with Gasteiger partial charge < -0.3 is 15.0 Å². The van der Waals surface area contributed by atoms with Gasteiger partial charge in [-0.15, -0.1) is 0 Å². The number of rotatable bonds is 3. The highest BCUT2D eigenvalue weighted by molar-refractivity contribution is 6.30. The molecule has 2 atom stereocenters. The van der Waals surface area contributed by atoms with E-state index < -0.39 is 0 Å². The predicted molar refractivity (Wildman–Crippen MR) is 88.2 cm³/mol. The zero-order valence-corrected chi connectivity index (χ0v) is 13.9. The molecule has 1 aromatic carbocycles. The fourth-order valence-corrected chi connectivity index (χ4v) is 3.37. The summed E-state index contributed by atoms with van der Waals surface area (Å²) in [4.78, 5) is 2.47. The van der Waals surface area contributed by atoms with E-state index in [4.69, 9.17) is 16.3 Å². The molecule has 1 N–H and O–H groups in total. The number of anilines is 1. The summed E-state index contributed by atoms with van der Waals surface area (Å²) >= 11 is 6.20. The Morgan fingerprint density at radius 1 is 1.24 bits per heavy atom. The summed E-state index contributed by atoms with van der Waals surface area (Å²) in [6.45, 7) is 9.40. The summed E-state index contributed by atoms with van der Waals surface area (Å²) in [6, 6.07) is 6.24. The molecule has 2 saturated heterocycles. The summed E-state index contributed by atoms with van der Waals surface area (Å²) in [7, 11) is 0. The number of hydrogen-bond acceptors (Lipinski definition) is 3. The highest BCUT2D eigenvalue weighted by Gasteiger charge is 2.34. The number of morpholine rings is 1. The maximum Gasteiger partial charge on any atom is 0.0755 e. The first-order valence-corrected chi connectivity index (χ1v) is 8.22. The number of hydrogen-bond donors (Lipinski definition) is 1. The second-order valence-electron chi connectivity index (χ2n) is 7.24. The van der Waals surface area contributed by atoms with Gasteiger partial charge in [0.2, 0.25) is 0 Å². The normalized spacial score (nSPS) is 25.4. The van der Waals surface area contributed by atoms with Gasteiger partial charge in [-0.25, -0.2) is 0 Å². The van der Waals surface area contributed by atoms with Crippen LogP contribution < -0.4 is 10.2 Å². The van der Waals surface area contributed by atoms with E-state index in [9.17, 15) is 0 Å². The molecule has 2 bridgehead atoms. The quantitative estimate of drug-likeness (QED) is 0.923. The maximum absolute atomic E-state index is 6.20. The molecule has 2 aliphatic heterocycles. The monoisotopic (exact) mass is 308 g/mol. The van der Waals surface area contributed by atoms with Crippen molar-refractivity contribution in [2.45, 2.75) is 57.9 Å². The van der Waals surface area contributed by atoms with Crippen molar-refractivity contribution in [1.29, 1.82) is 0 Å². The third-order valence-electron chi connectivity index (χ3n) is 4.23. The maximum atomic E-state index is 6.20. The number of nitrogens with one attached hydrogen (secondary N) is 1. The van der Waals surface area contributed by atoms with E-state index in [1.807, 2.05) is 6.07 Å². The van der Waals surface area contributed by atoms with E-state index in [1.165, 1.54) is 24.1 Å². The molecule has 0 saturated carbocycles. The minimum absolute atomic E-state index is 0.101. The van der Waals surface area contributed by atoms with E-state index >= 15 is 0 Å². The molecule has 3 rings (SSSR count). The summed E-state index contributed by atoms with van der Waals surface area (Å²) in [5.41, 5.74) is 2.68. The molecule has 4 heteroatoms. The van der Waals surface area contributed by atoms with Gasteiger partial charge in [-0.3, -0.25) is 0 Å². The van der Waals surface area contributed by atoms with Gasteiger partial charge in [0.15, 0.2) is 0 Å². The van der Waals surface area contributed by atoms with E-state index in [1.54, 1.807) is 0 Å². The summed E-state index contributed by atoms with van der Waals surface area (Å²) in [5, 5.41) is 4.37. The molecule has 0 radical (unpaired) electrons. The van der Waals surface area contributed by atoms with Crippen LogP contribution in [0.2, 0.25) is 5.02 Å². The minimum atomic E-state index is 0.101. The summed E-state index contributed by atoms with van der Waals surface area (Å²) < 4.78 is 5.94. The lowest BCUT2D eigenvalue weighted by Crippen LogP contribution is -2.43. The molecule has 0 aromatic heterocycles. The zero-order chi connectivity index (χ0) is 15.0. The van der Waals surface area contributed by atoms with Crippen LogP contribution in [0.4, 0.5) is 5.69 Å². The third-order valence-corrected chi connectivity index (χ3v) is 4.47. The van der Waals surface area contributed by atoms with Crippen LogP contribution in [-0.2, 0) is 11.3 Å². The summed E-state index contributed by atoms with van der Waals surface area (Å²) in [6.07, 6.45) is 3.21. The molecular weight excluding hydrogens is 284 g/mol. The van der Waals surface area contributed by atoms with Gasteiger partial charge in [-0.1, -0.05) is 11.6 Å². The minimum Gasteiger partial charge on any atom is -0.371 e. The van der Waals surface area contributed by atoms with E-state index in [0.717, 1.165) is 24.7 Å². The van der Waals surface area contributed by atoms with Crippen molar-refractivity contribution in [2.75, 3.05) is 18.0 Å². The molecule has 2 aliphatic rings. The second-order valence-corrected chi connectivity index (χ2v) is 7.68. The van der Waals surface area contributed by atoms with Crippen LogP contribution in [0, 0.1) is 0 Å². The van der Waals surface area contributed by atoms with Gasteiger partial charge >= 0.3 is 0 Å². The number of ether oxygens (including phenoxy) is 1. The lowest BCUT2D eigenvalue weighted by molar-refractivity contribution is 0.0304. The molecule has 0 spiro atoms. The SMILES string of the molecule is CC(C)(C)NCc1cc(Cl)ccc1N1CC2CCC(C1)O2. The van der Waals surface area contributed by atoms with Gasteiger partial charge in [-0.2, -0.15) is 0 Å². The molecule has 116 valence electrons. The first-order chi connectivity index (χ1) is 9.90. The fourth-order valence-electron chi connectivity index (χ4n) is 3.18. The highest BCUT2D eigenvalue weighted by atomic mass is 35.5. The smallest absolute Gasteiger partial charge is 0.0755 e. The molecule has 2 fully saturated rings. The number of halogens is 1. The molecule has 3 nitrogen and oxygen atoms in total. The topological polar surface area (TPSA) is 24.5 Å². The Hall–Kier alpha value is -0.770. The van der Waals surface area contributed by atoms with Crippen LogP contribution in [0.3, 0.4) is 0 Å². The standard InChI is InChI=1S/C17H25ClN2O/c1-17(2,3)19-9-12-8-13(18)4-7-16(12)20-10-14-5-6-15(11-20)21-14/h4,7-8,14-15,19H,5-6,9-11H2,1-3H3. The van der Waals surface area contributed by atoms with Gasteiger partial charge in [0.1, 0.15) is 0 Å². The molecule has 2 heterocycles. The Morgan fingerprint density at radius 2 is 1.90 bits per heavy atom. The number of fused-ring (bicyclic) bond motifs is 2. The Labute approximate surface area is 132 Å². The van der Waals surface area contributed by atoms with Crippen molar-refractivity contribution in [3.8, 4) is 0 Å². The van der Waals surface area contributed by atoms with Crippen molar-refractivity contribution in [3.05, 3.63) is 28.8 Å². The lowest BCUT2D eigenvalue weighted by Gasteiger charge is -2.35. The van der Waals surface area contributed by atoms with Crippen LogP contribution in [0.25, 0.3) is 0 Å². The zero-order valence-electron chi connectivity index (χ0n) is 13.2. The van der Waals surface area contributed by atoms with E-state index in [2.05, 4.69) is 43.1 Å². The van der Waals surface area contributed by atoms with Crippen molar-refractivity contribution in [3.63, 3.8) is 0 Å². The van der Waals surface area contributed by atoms with Gasteiger partial charge in [0.05, 0.1) is 12.2 Å². The average molecular weight is 309 g/mol.